The molecule has 1 saturated heterocycles. The number of hydrazine groups is 1. The Hall–Kier alpha value is -3.59. The summed E-state index contributed by atoms with van der Waals surface area (Å²) in [5, 5.41) is 9.70. The molecule has 0 atom stereocenters. The highest BCUT2D eigenvalue weighted by molar-refractivity contribution is 6.15. The van der Waals surface area contributed by atoms with Crippen molar-refractivity contribution in [2.45, 2.75) is 19.8 Å². The van der Waals surface area contributed by atoms with Crippen LogP contribution in [-0.4, -0.2) is 29.7 Å². The van der Waals surface area contributed by atoms with Gasteiger partial charge < -0.3 is 4.90 Å². The minimum atomic E-state index is -0.235. The Balaban J connectivity index is 1.66. The SMILES string of the molecule is Cc1ccc(NNC2=N/C(=C(/C#N)C(=O)N3CCCC3)c3ccccc32)cc1. The van der Waals surface area contributed by atoms with Crippen molar-refractivity contribution in [1.29, 1.82) is 5.26 Å². The number of carbonyl (C=O) groups is 1. The standard InChI is InChI=1S/C22H21N5O/c1-15-8-10-16(11-9-15)25-26-21-18-7-3-2-6-17(18)20(24-21)19(14-23)22(28)27-12-4-5-13-27/h2-3,6-11,25H,4-5,12-13H2,1H3,(H,24,26)/b20-19-. The van der Waals surface area contributed by atoms with Gasteiger partial charge in [-0.05, 0) is 31.9 Å². The predicted molar refractivity (Wildman–Crippen MR) is 109 cm³/mol. The number of nitrogens with one attached hydrogen (secondary N) is 2. The molecule has 2 aromatic carbocycles. The third kappa shape index (κ3) is 3.35. The molecule has 4 rings (SSSR count). The van der Waals surface area contributed by atoms with Crippen molar-refractivity contribution >= 4 is 23.1 Å². The molecule has 28 heavy (non-hydrogen) atoms. The maximum Gasteiger partial charge on any atom is 0.266 e. The van der Waals surface area contributed by atoms with Gasteiger partial charge in [-0.25, -0.2) is 4.99 Å². The number of hydrogen-bond donors (Lipinski definition) is 2. The van der Waals surface area contributed by atoms with Gasteiger partial charge in [-0.2, -0.15) is 5.26 Å². The number of likely N-dealkylation sites (tertiary alicyclic amines) is 1. The zero-order valence-electron chi connectivity index (χ0n) is 15.7. The number of amidine groups is 1. The number of nitrogens with zero attached hydrogens (tertiary/aromatic N) is 3. The summed E-state index contributed by atoms with van der Waals surface area (Å²) in [5.74, 6) is 0.356. The highest BCUT2D eigenvalue weighted by atomic mass is 16.2. The molecular formula is C22H21N5O. The van der Waals surface area contributed by atoms with Crippen molar-refractivity contribution in [2.75, 3.05) is 18.5 Å². The summed E-state index contributed by atoms with van der Waals surface area (Å²) in [5.41, 5.74) is 10.5. The van der Waals surface area contributed by atoms with Crippen LogP contribution in [0.1, 0.15) is 29.5 Å². The fourth-order valence-electron chi connectivity index (χ4n) is 3.46. The van der Waals surface area contributed by atoms with E-state index in [4.69, 9.17) is 0 Å². The first kappa shape index (κ1) is 17.8. The lowest BCUT2D eigenvalue weighted by molar-refractivity contribution is -0.125. The first-order chi connectivity index (χ1) is 13.7. The second kappa shape index (κ2) is 7.57. The van der Waals surface area contributed by atoms with Gasteiger partial charge in [-0.15, -0.1) is 0 Å². The van der Waals surface area contributed by atoms with E-state index in [1.165, 1.54) is 5.56 Å². The third-order valence-corrected chi connectivity index (χ3v) is 4.99. The van der Waals surface area contributed by atoms with Crippen LogP contribution in [0.25, 0.3) is 5.70 Å². The molecule has 1 amide bonds. The van der Waals surface area contributed by atoms with Crippen LogP contribution in [0.2, 0.25) is 0 Å². The van der Waals surface area contributed by atoms with Gasteiger partial charge in [-0.1, -0.05) is 42.0 Å². The van der Waals surface area contributed by atoms with E-state index in [2.05, 4.69) is 21.9 Å². The average molecular weight is 371 g/mol. The largest absolute Gasteiger partial charge is 0.338 e. The molecule has 6 nitrogen and oxygen atoms in total. The van der Waals surface area contributed by atoms with E-state index in [0.717, 1.165) is 29.7 Å². The maximum atomic E-state index is 12.8. The number of carbonyl (C=O) groups excluding carboxylic acids is 1. The number of amides is 1. The van der Waals surface area contributed by atoms with Crippen molar-refractivity contribution in [3.8, 4) is 6.07 Å². The van der Waals surface area contributed by atoms with Gasteiger partial charge in [0.15, 0.2) is 5.84 Å². The molecule has 0 aromatic heterocycles. The highest BCUT2D eigenvalue weighted by Gasteiger charge is 2.29. The lowest BCUT2D eigenvalue weighted by Crippen LogP contribution is -2.29. The van der Waals surface area contributed by atoms with Crippen LogP contribution in [0, 0.1) is 18.3 Å². The van der Waals surface area contributed by atoms with Crippen molar-refractivity contribution in [3.63, 3.8) is 0 Å². The van der Waals surface area contributed by atoms with Crippen molar-refractivity contribution < 1.29 is 4.79 Å². The van der Waals surface area contributed by atoms with Gasteiger partial charge in [0, 0.05) is 24.2 Å². The lowest BCUT2D eigenvalue weighted by atomic mass is 10.0. The number of aryl methyl sites for hydroxylation is 1. The van der Waals surface area contributed by atoms with E-state index in [-0.39, 0.29) is 11.5 Å². The normalized spacial score (nSPS) is 16.9. The van der Waals surface area contributed by atoms with Crippen LogP contribution in [0.3, 0.4) is 0 Å². The molecule has 2 aliphatic rings. The number of hydrogen-bond acceptors (Lipinski definition) is 5. The van der Waals surface area contributed by atoms with Crippen molar-refractivity contribution in [1.82, 2.24) is 10.3 Å². The Morgan fingerprint density at radius 3 is 2.39 bits per heavy atom. The molecule has 0 bridgehead atoms. The number of nitriles is 1. The summed E-state index contributed by atoms with van der Waals surface area (Å²) in [6.07, 6.45) is 1.96. The Labute approximate surface area is 164 Å². The fourth-order valence-corrected chi connectivity index (χ4v) is 3.46. The van der Waals surface area contributed by atoms with Gasteiger partial charge in [0.1, 0.15) is 11.6 Å². The molecule has 2 aliphatic heterocycles. The topological polar surface area (TPSA) is 80.5 Å². The van der Waals surface area contributed by atoms with Crippen molar-refractivity contribution in [2.24, 2.45) is 4.99 Å². The van der Waals surface area contributed by atoms with E-state index in [1.807, 2.05) is 55.5 Å². The monoisotopic (exact) mass is 371 g/mol. The van der Waals surface area contributed by atoms with Gasteiger partial charge >= 0.3 is 0 Å². The summed E-state index contributed by atoms with van der Waals surface area (Å²) in [6.45, 7) is 3.43. The molecule has 2 heterocycles. The summed E-state index contributed by atoms with van der Waals surface area (Å²) >= 11 is 0. The first-order valence-electron chi connectivity index (χ1n) is 9.38. The smallest absolute Gasteiger partial charge is 0.266 e. The van der Waals surface area contributed by atoms with Gasteiger partial charge in [0.05, 0.1) is 11.4 Å². The Kier molecular flexibility index (Phi) is 4.81. The van der Waals surface area contributed by atoms with E-state index in [1.54, 1.807) is 4.90 Å². The lowest BCUT2D eigenvalue weighted by Gasteiger charge is -2.15. The number of fused-ring (bicyclic) bond motifs is 1. The van der Waals surface area contributed by atoms with E-state index in [9.17, 15) is 10.1 Å². The predicted octanol–water partition coefficient (Wildman–Crippen LogP) is 3.23. The number of benzene rings is 2. The minimum absolute atomic E-state index is 0.0986. The zero-order valence-corrected chi connectivity index (χ0v) is 15.7. The van der Waals surface area contributed by atoms with Crippen LogP contribution in [-0.2, 0) is 4.79 Å². The second-order valence-electron chi connectivity index (χ2n) is 6.96. The molecule has 6 heteroatoms. The molecule has 2 N–H and O–H groups in total. The Bertz CT molecular complexity index is 1010. The molecule has 1 fully saturated rings. The van der Waals surface area contributed by atoms with Gasteiger partial charge in [0.25, 0.3) is 5.91 Å². The molecular weight excluding hydrogens is 350 g/mol. The Morgan fingerprint density at radius 2 is 1.71 bits per heavy atom. The van der Waals surface area contributed by atoms with Crippen LogP contribution in [0.5, 0.6) is 0 Å². The highest BCUT2D eigenvalue weighted by Crippen LogP contribution is 2.31. The summed E-state index contributed by atoms with van der Waals surface area (Å²) < 4.78 is 0. The molecule has 2 aromatic rings. The van der Waals surface area contributed by atoms with E-state index in [0.29, 0.717) is 24.6 Å². The van der Waals surface area contributed by atoms with Crippen LogP contribution in [0.4, 0.5) is 5.69 Å². The summed E-state index contributed by atoms with van der Waals surface area (Å²) in [4.78, 5) is 19.2. The first-order valence-corrected chi connectivity index (χ1v) is 9.38. The zero-order chi connectivity index (χ0) is 19.5. The summed E-state index contributed by atoms with van der Waals surface area (Å²) in [7, 11) is 0. The minimum Gasteiger partial charge on any atom is -0.338 e. The van der Waals surface area contributed by atoms with E-state index < -0.39 is 0 Å². The maximum absolute atomic E-state index is 12.8. The molecule has 140 valence electrons. The van der Waals surface area contributed by atoms with Crippen LogP contribution in [0.15, 0.2) is 59.1 Å². The number of rotatable bonds is 3. The molecule has 0 radical (unpaired) electrons. The van der Waals surface area contributed by atoms with Crippen LogP contribution >= 0.6 is 0 Å². The molecule has 0 saturated carbocycles. The third-order valence-electron chi connectivity index (χ3n) is 4.99. The molecule has 0 aliphatic carbocycles. The molecule has 0 unspecified atom stereocenters. The van der Waals surface area contributed by atoms with Crippen molar-refractivity contribution in [3.05, 3.63) is 70.8 Å². The van der Waals surface area contributed by atoms with E-state index >= 15 is 0 Å². The second-order valence-corrected chi connectivity index (χ2v) is 6.96. The quantitative estimate of drug-likeness (QED) is 0.493. The number of aliphatic imine (C=N–C) groups is 1. The number of anilines is 1. The molecule has 0 spiro atoms. The fraction of sp³-hybridized carbons (Fsp3) is 0.227. The average Bonchev–Trinajstić information content (AvgIpc) is 3.37. The summed E-state index contributed by atoms with van der Waals surface area (Å²) in [6, 6.07) is 17.7. The Morgan fingerprint density at radius 1 is 1.04 bits per heavy atom. The van der Waals surface area contributed by atoms with Gasteiger partial charge in [0.2, 0.25) is 0 Å². The van der Waals surface area contributed by atoms with Crippen LogP contribution < -0.4 is 10.9 Å². The van der Waals surface area contributed by atoms with Gasteiger partial charge in [-0.3, -0.25) is 15.6 Å².